The molecular weight excluding hydrogens is 250 g/mol. The third kappa shape index (κ3) is 2.46. The van der Waals surface area contributed by atoms with Crippen LogP contribution in [0.4, 0.5) is 5.95 Å². The molecule has 0 unspecified atom stereocenters. The van der Waals surface area contributed by atoms with Crippen molar-refractivity contribution in [2.45, 2.75) is 19.4 Å². The van der Waals surface area contributed by atoms with Gasteiger partial charge in [0, 0.05) is 31.9 Å². The number of rotatable bonds is 3. The fourth-order valence-electron chi connectivity index (χ4n) is 2.24. The molecule has 6 heteroatoms. The summed E-state index contributed by atoms with van der Waals surface area (Å²) in [4.78, 5) is 12.6. The molecule has 0 aliphatic carbocycles. The Morgan fingerprint density at radius 1 is 1.33 bits per heavy atom. The Morgan fingerprint density at radius 2 is 2.17 bits per heavy atom. The number of aromatic nitrogens is 4. The minimum Gasteiger partial charge on any atom is -0.354 e. The summed E-state index contributed by atoms with van der Waals surface area (Å²) in [6.45, 7) is 1.88. The second-order valence-corrected chi connectivity index (χ2v) is 4.94. The lowest BCUT2D eigenvalue weighted by atomic mass is 9.99. The van der Waals surface area contributed by atoms with E-state index in [9.17, 15) is 0 Å². The molecule has 94 valence electrons. The second-order valence-electron chi connectivity index (χ2n) is 4.51. The molecule has 3 rings (SSSR count). The van der Waals surface area contributed by atoms with Crippen molar-refractivity contribution in [2.75, 3.05) is 11.9 Å². The number of nitrogens with zero attached hydrogens (tertiary/aromatic N) is 4. The first-order valence-corrected chi connectivity index (χ1v) is 6.40. The maximum atomic E-state index is 5.74. The molecular formula is C12H14ClN5. The van der Waals surface area contributed by atoms with Gasteiger partial charge in [-0.05, 0) is 12.3 Å². The standard InChI is InChI=1S/C12H14ClN5/c13-10-6-16-12(17-7-10)15-5-9-1-2-11-14-3-4-18(11)8-9/h3-4,6-7,9H,1-2,5,8H2,(H,15,16,17)/t9-/m1/s1. The summed E-state index contributed by atoms with van der Waals surface area (Å²) in [5.74, 6) is 2.41. The molecule has 0 saturated carbocycles. The van der Waals surface area contributed by atoms with Gasteiger partial charge in [0.25, 0.3) is 0 Å². The van der Waals surface area contributed by atoms with Crippen molar-refractivity contribution in [3.05, 3.63) is 35.6 Å². The van der Waals surface area contributed by atoms with Gasteiger partial charge in [-0.2, -0.15) is 0 Å². The van der Waals surface area contributed by atoms with E-state index in [2.05, 4.69) is 24.8 Å². The van der Waals surface area contributed by atoms with E-state index in [4.69, 9.17) is 11.6 Å². The van der Waals surface area contributed by atoms with Crippen LogP contribution in [0.3, 0.4) is 0 Å². The van der Waals surface area contributed by atoms with Crippen LogP contribution >= 0.6 is 11.6 Å². The molecule has 0 radical (unpaired) electrons. The zero-order chi connectivity index (χ0) is 12.4. The number of aryl methyl sites for hydroxylation is 1. The summed E-state index contributed by atoms with van der Waals surface area (Å²) < 4.78 is 2.22. The Morgan fingerprint density at radius 3 is 3.00 bits per heavy atom. The third-order valence-corrected chi connectivity index (χ3v) is 3.40. The minimum atomic E-state index is 0.557. The molecule has 1 atom stereocenters. The Bertz CT molecular complexity index is 522. The summed E-state index contributed by atoms with van der Waals surface area (Å²) in [6, 6.07) is 0. The summed E-state index contributed by atoms with van der Waals surface area (Å²) in [6.07, 6.45) is 9.31. The molecule has 0 aromatic carbocycles. The lowest BCUT2D eigenvalue weighted by molar-refractivity contribution is 0.380. The van der Waals surface area contributed by atoms with Gasteiger partial charge in [0.15, 0.2) is 0 Å². The van der Waals surface area contributed by atoms with E-state index in [-0.39, 0.29) is 0 Å². The van der Waals surface area contributed by atoms with E-state index < -0.39 is 0 Å². The van der Waals surface area contributed by atoms with Crippen molar-refractivity contribution in [1.82, 2.24) is 19.5 Å². The molecule has 0 fully saturated rings. The quantitative estimate of drug-likeness (QED) is 0.920. The van der Waals surface area contributed by atoms with Crippen LogP contribution in [0, 0.1) is 5.92 Å². The number of fused-ring (bicyclic) bond motifs is 1. The average molecular weight is 264 g/mol. The summed E-state index contributed by atoms with van der Waals surface area (Å²) in [7, 11) is 0. The lowest BCUT2D eigenvalue weighted by Gasteiger charge is -2.23. The van der Waals surface area contributed by atoms with Crippen molar-refractivity contribution in [1.29, 1.82) is 0 Å². The van der Waals surface area contributed by atoms with E-state index in [1.165, 1.54) is 5.82 Å². The Kier molecular flexibility index (Phi) is 3.15. The normalized spacial score (nSPS) is 18.4. The van der Waals surface area contributed by atoms with E-state index in [0.717, 1.165) is 25.9 Å². The highest BCUT2D eigenvalue weighted by atomic mass is 35.5. The predicted octanol–water partition coefficient (Wildman–Crippen LogP) is 2.00. The first kappa shape index (κ1) is 11.5. The van der Waals surface area contributed by atoms with Crippen LogP contribution in [0.15, 0.2) is 24.8 Å². The molecule has 0 spiro atoms. The van der Waals surface area contributed by atoms with E-state index in [1.54, 1.807) is 12.4 Å². The lowest BCUT2D eigenvalue weighted by Crippen LogP contribution is -2.26. The van der Waals surface area contributed by atoms with Crippen molar-refractivity contribution < 1.29 is 0 Å². The van der Waals surface area contributed by atoms with Crippen molar-refractivity contribution in [2.24, 2.45) is 5.92 Å². The molecule has 1 N–H and O–H groups in total. The van der Waals surface area contributed by atoms with Gasteiger partial charge in [0.05, 0.1) is 17.4 Å². The molecule has 0 saturated heterocycles. The first-order chi connectivity index (χ1) is 8.81. The third-order valence-electron chi connectivity index (χ3n) is 3.20. The van der Waals surface area contributed by atoms with Gasteiger partial charge in [-0.1, -0.05) is 11.6 Å². The smallest absolute Gasteiger partial charge is 0.222 e. The van der Waals surface area contributed by atoms with Gasteiger partial charge in [-0.15, -0.1) is 0 Å². The highest BCUT2D eigenvalue weighted by Gasteiger charge is 2.18. The Hall–Kier alpha value is -1.62. The molecule has 1 aliphatic rings. The van der Waals surface area contributed by atoms with Gasteiger partial charge in [0.2, 0.25) is 5.95 Å². The highest BCUT2D eigenvalue weighted by Crippen LogP contribution is 2.18. The van der Waals surface area contributed by atoms with Crippen molar-refractivity contribution >= 4 is 17.5 Å². The van der Waals surface area contributed by atoms with Gasteiger partial charge in [0.1, 0.15) is 5.82 Å². The van der Waals surface area contributed by atoms with Crippen molar-refractivity contribution in [3.63, 3.8) is 0 Å². The maximum Gasteiger partial charge on any atom is 0.222 e. The molecule has 2 aromatic rings. The number of hydrogen-bond acceptors (Lipinski definition) is 4. The second kappa shape index (κ2) is 4.94. The van der Waals surface area contributed by atoms with E-state index in [1.807, 2.05) is 12.4 Å². The average Bonchev–Trinajstić information content (AvgIpc) is 2.85. The number of anilines is 1. The first-order valence-electron chi connectivity index (χ1n) is 6.02. The van der Waals surface area contributed by atoms with Crippen LogP contribution in [-0.4, -0.2) is 26.1 Å². The molecule has 18 heavy (non-hydrogen) atoms. The maximum absolute atomic E-state index is 5.74. The Balaban J connectivity index is 1.57. The summed E-state index contributed by atoms with van der Waals surface area (Å²) in [5, 5.41) is 3.81. The van der Waals surface area contributed by atoms with Crippen LogP contribution in [-0.2, 0) is 13.0 Å². The number of imidazole rings is 1. The number of halogens is 1. The fraction of sp³-hybridized carbons (Fsp3) is 0.417. The van der Waals surface area contributed by atoms with Crippen LogP contribution in [0.1, 0.15) is 12.2 Å². The molecule has 2 aromatic heterocycles. The summed E-state index contributed by atoms with van der Waals surface area (Å²) >= 11 is 5.74. The summed E-state index contributed by atoms with van der Waals surface area (Å²) in [5.41, 5.74) is 0. The van der Waals surface area contributed by atoms with Crippen LogP contribution < -0.4 is 5.32 Å². The van der Waals surface area contributed by atoms with Gasteiger partial charge in [-0.25, -0.2) is 15.0 Å². The topological polar surface area (TPSA) is 55.6 Å². The number of hydrogen-bond donors (Lipinski definition) is 1. The Labute approximate surface area is 110 Å². The van der Waals surface area contributed by atoms with Crippen LogP contribution in [0.2, 0.25) is 5.02 Å². The van der Waals surface area contributed by atoms with Crippen molar-refractivity contribution in [3.8, 4) is 0 Å². The predicted molar refractivity (Wildman–Crippen MR) is 69.6 cm³/mol. The van der Waals surface area contributed by atoms with Gasteiger partial charge >= 0.3 is 0 Å². The van der Waals surface area contributed by atoms with Gasteiger partial charge < -0.3 is 9.88 Å². The zero-order valence-electron chi connectivity index (χ0n) is 9.88. The van der Waals surface area contributed by atoms with E-state index >= 15 is 0 Å². The molecule has 5 nitrogen and oxygen atoms in total. The zero-order valence-corrected chi connectivity index (χ0v) is 10.6. The molecule has 3 heterocycles. The molecule has 0 bridgehead atoms. The molecule has 1 aliphatic heterocycles. The largest absolute Gasteiger partial charge is 0.354 e. The number of nitrogens with one attached hydrogen (secondary N) is 1. The van der Waals surface area contributed by atoms with E-state index in [0.29, 0.717) is 16.9 Å². The fourth-order valence-corrected chi connectivity index (χ4v) is 2.34. The van der Waals surface area contributed by atoms with Gasteiger partial charge in [-0.3, -0.25) is 0 Å². The SMILES string of the molecule is Clc1cnc(NC[C@H]2CCc3nccn3C2)nc1. The highest BCUT2D eigenvalue weighted by molar-refractivity contribution is 6.30. The molecule has 0 amide bonds. The van der Waals surface area contributed by atoms with Crippen LogP contribution in [0.5, 0.6) is 0 Å². The van der Waals surface area contributed by atoms with Crippen LogP contribution in [0.25, 0.3) is 0 Å². The monoisotopic (exact) mass is 263 g/mol. The minimum absolute atomic E-state index is 0.557.